The highest BCUT2D eigenvalue weighted by molar-refractivity contribution is 6.35. The Hall–Kier alpha value is -2.36. The second-order valence-corrected chi connectivity index (χ2v) is 10.9. The fraction of sp³-hybridized carbons (Fsp3) is 0.400. The number of hydrogen-bond donors (Lipinski definition) is 2. The number of aliphatic hydroxyl groups is 1. The number of nitrogens with zero attached hydrogens (tertiary/aromatic N) is 2. The van der Waals surface area contributed by atoms with Crippen molar-refractivity contribution in [2.75, 3.05) is 50.8 Å². The van der Waals surface area contributed by atoms with Gasteiger partial charge in [-0.15, -0.1) is 0 Å². The average molecular weight is 573 g/mol. The van der Waals surface area contributed by atoms with Gasteiger partial charge in [0, 0.05) is 49.0 Å². The molecule has 2 aliphatic heterocycles. The van der Waals surface area contributed by atoms with E-state index in [9.17, 15) is 5.11 Å². The Morgan fingerprint density at radius 2 is 1.77 bits per heavy atom. The van der Waals surface area contributed by atoms with Gasteiger partial charge in [-0.2, -0.15) is 0 Å². The molecule has 9 heteroatoms. The van der Waals surface area contributed by atoms with Gasteiger partial charge < -0.3 is 24.2 Å². The zero-order chi connectivity index (χ0) is 27.2. The van der Waals surface area contributed by atoms with Crippen LogP contribution in [0.2, 0.25) is 10.0 Å². The minimum Gasteiger partial charge on any atom is -0.491 e. The highest BCUT2D eigenvalue weighted by Gasteiger charge is 2.40. The largest absolute Gasteiger partial charge is 0.491 e. The molecule has 0 amide bonds. The lowest BCUT2D eigenvalue weighted by molar-refractivity contribution is -0.164. The molecule has 208 valence electrons. The van der Waals surface area contributed by atoms with E-state index in [1.165, 1.54) is 5.69 Å². The van der Waals surface area contributed by atoms with Crippen LogP contribution in [-0.4, -0.2) is 62.2 Å². The molecule has 0 bridgehead atoms. The lowest BCUT2D eigenvalue weighted by Gasteiger charge is -2.36. The smallest absolute Gasteiger partial charge is 0.194 e. The Balaban J connectivity index is 1.03. The first kappa shape index (κ1) is 28.2. The molecule has 1 unspecified atom stereocenters. The fourth-order valence-corrected chi connectivity index (χ4v) is 5.57. The first-order valence-electron chi connectivity index (χ1n) is 13.4. The molecule has 7 nitrogen and oxygen atoms in total. The lowest BCUT2D eigenvalue weighted by Crippen LogP contribution is -2.52. The topological polar surface area (TPSA) is 66.4 Å². The van der Waals surface area contributed by atoms with Gasteiger partial charge in [-0.1, -0.05) is 59.6 Å². The number of nitrogens with one attached hydrogen (secondary N) is 1. The van der Waals surface area contributed by atoms with Crippen molar-refractivity contribution >= 4 is 28.9 Å². The first-order valence-corrected chi connectivity index (χ1v) is 14.1. The van der Waals surface area contributed by atoms with E-state index in [1.54, 1.807) is 12.1 Å². The molecule has 2 N–H and O–H groups in total. The Bertz CT molecular complexity index is 1210. The van der Waals surface area contributed by atoms with Gasteiger partial charge in [-0.05, 0) is 55.3 Å². The van der Waals surface area contributed by atoms with E-state index >= 15 is 0 Å². The third-order valence-electron chi connectivity index (χ3n) is 7.21. The number of hydrogen-bond acceptors (Lipinski definition) is 7. The quantitative estimate of drug-likeness (QED) is 0.337. The zero-order valence-corrected chi connectivity index (χ0v) is 23.6. The Kier molecular flexibility index (Phi) is 9.30. The number of rotatable bonds is 10. The van der Waals surface area contributed by atoms with Gasteiger partial charge >= 0.3 is 0 Å². The summed E-state index contributed by atoms with van der Waals surface area (Å²) in [4.78, 5) is 2.37. The van der Waals surface area contributed by atoms with Crippen LogP contribution in [0.3, 0.4) is 0 Å². The van der Waals surface area contributed by atoms with Crippen molar-refractivity contribution in [3.63, 3.8) is 0 Å². The fourth-order valence-electron chi connectivity index (χ4n) is 4.99. The van der Waals surface area contributed by atoms with E-state index in [0.29, 0.717) is 29.7 Å². The summed E-state index contributed by atoms with van der Waals surface area (Å²) in [5, 5.41) is 13.7. The summed E-state index contributed by atoms with van der Waals surface area (Å²) in [6.45, 7) is 7.07. The number of aliphatic hydroxyl groups excluding tert-OH is 1. The summed E-state index contributed by atoms with van der Waals surface area (Å²) >= 11 is 12.4. The lowest BCUT2D eigenvalue weighted by atomic mass is 10.1. The molecule has 0 radical (unpaired) electrons. The van der Waals surface area contributed by atoms with Crippen molar-refractivity contribution in [2.45, 2.75) is 31.3 Å². The van der Waals surface area contributed by atoms with E-state index in [0.717, 1.165) is 49.6 Å². The summed E-state index contributed by atoms with van der Waals surface area (Å²) in [6.07, 6.45) is 0.0217. The molecule has 0 spiro atoms. The number of halogens is 2. The summed E-state index contributed by atoms with van der Waals surface area (Å²) in [6, 6.07) is 23.3. The third-order valence-corrected chi connectivity index (χ3v) is 7.76. The maximum absolute atomic E-state index is 10.4. The molecular formula is C30H35Cl2N3O4. The van der Waals surface area contributed by atoms with E-state index in [-0.39, 0.29) is 6.10 Å². The van der Waals surface area contributed by atoms with Crippen LogP contribution in [0.15, 0.2) is 72.8 Å². The van der Waals surface area contributed by atoms with Crippen LogP contribution in [0.25, 0.3) is 0 Å². The maximum Gasteiger partial charge on any atom is 0.194 e. The molecule has 3 atom stereocenters. The van der Waals surface area contributed by atoms with Gasteiger partial charge in [0.25, 0.3) is 0 Å². The van der Waals surface area contributed by atoms with E-state index in [2.05, 4.69) is 27.5 Å². The van der Waals surface area contributed by atoms with Crippen molar-refractivity contribution in [1.29, 1.82) is 0 Å². The molecule has 2 saturated heterocycles. The molecule has 3 aromatic carbocycles. The normalized spacial score (nSPS) is 22.7. The molecule has 2 heterocycles. The highest BCUT2D eigenvalue weighted by atomic mass is 35.5. The Morgan fingerprint density at radius 1 is 1.03 bits per heavy atom. The van der Waals surface area contributed by atoms with Crippen LogP contribution in [0.4, 0.5) is 5.69 Å². The van der Waals surface area contributed by atoms with E-state index < -0.39 is 11.9 Å². The number of ether oxygens (including phenoxy) is 3. The second-order valence-electron chi connectivity index (χ2n) is 10.0. The van der Waals surface area contributed by atoms with E-state index in [1.807, 2.05) is 55.5 Å². The average Bonchev–Trinajstić information content (AvgIpc) is 3.34. The van der Waals surface area contributed by atoms with Crippen molar-refractivity contribution in [3.05, 3.63) is 94.0 Å². The van der Waals surface area contributed by atoms with Gasteiger partial charge in [-0.25, -0.2) is 5.01 Å². The van der Waals surface area contributed by atoms with Crippen molar-refractivity contribution < 1.29 is 19.3 Å². The summed E-state index contributed by atoms with van der Waals surface area (Å²) < 4.78 is 18.1. The number of benzene rings is 3. The highest BCUT2D eigenvalue weighted by Crippen LogP contribution is 2.38. The van der Waals surface area contributed by atoms with Gasteiger partial charge in [0.15, 0.2) is 5.79 Å². The Morgan fingerprint density at radius 3 is 2.49 bits per heavy atom. The molecule has 2 fully saturated rings. The number of anilines is 1. The van der Waals surface area contributed by atoms with Crippen molar-refractivity contribution in [3.8, 4) is 5.75 Å². The van der Waals surface area contributed by atoms with Crippen LogP contribution in [0.1, 0.15) is 30.6 Å². The zero-order valence-electron chi connectivity index (χ0n) is 22.1. The van der Waals surface area contributed by atoms with Gasteiger partial charge in [0.1, 0.15) is 18.5 Å². The first-order chi connectivity index (χ1) is 18.9. The van der Waals surface area contributed by atoms with Gasteiger partial charge in [0.05, 0.1) is 17.7 Å². The van der Waals surface area contributed by atoms with Gasteiger partial charge in [0.2, 0.25) is 0 Å². The predicted molar refractivity (Wildman–Crippen MR) is 154 cm³/mol. The molecule has 0 saturated carbocycles. The molecule has 3 aromatic rings. The third kappa shape index (κ3) is 7.24. The monoisotopic (exact) mass is 571 g/mol. The molecule has 39 heavy (non-hydrogen) atoms. The van der Waals surface area contributed by atoms with Crippen LogP contribution in [0, 0.1) is 0 Å². The van der Waals surface area contributed by atoms with Crippen LogP contribution < -0.4 is 15.1 Å². The summed E-state index contributed by atoms with van der Waals surface area (Å²) in [5.74, 6) is -0.143. The predicted octanol–water partition coefficient (Wildman–Crippen LogP) is 5.41. The maximum atomic E-state index is 10.4. The molecule has 2 aliphatic rings. The van der Waals surface area contributed by atoms with Crippen LogP contribution in [-0.2, 0) is 15.3 Å². The number of hydrazine groups is 1. The standard InChI is InChI=1S/C30H35Cl2N3O4/c1-30(27-12-7-23(31)19-28(27)32)38-21-26(39-30)20-37-25-10-8-24(9-11-25)34-15-17-35(18-16-34)33-14-13-29(36)22-5-3-2-4-6-22/h2-12,19,26,29,33,36H,13-18,20-21H2,1H3/t26-,29?,30+/m1/s1. The number of piperazine rings is 1. The molecule has 5 rings (SSSR count). The van der Waals surface area contributed by atoms with Crippen LogP contribution >= 0.6 is 23.2 Å². The SMILES string of the molecule is C[C@]1(c2ccc(Cl)cc2Cl)OC[C@@H](COc2ccc(N3CCN(NCCC(O)c4ccccc4)CC3)cc2)O1. The minimum atomic E-state index is -0.932. The second kappa shape index (κ2) is 12.9. The molecule has 0 aromatic heterocycles. The van der Waals surface area contributed by atoms with E-state index in [4.69, 9.17) is 37.4 Å². The Labute approximate surface area is 240 Å². The van der Waals surface area contributed by atoms with Crippen molar-refractivity contribution in [2.24, 2.45) is 0 Å². The molecular weight excluding hydrogens is 537 g/mol. The van der Waals surface area contributed by atoms with Crippen molar-refractivity contribution in [1.82, 2.24) is 10.4 Å². The summed E-state index contributed by atoms with van der Waals surface area (Å²) in [5.41, 5.74) is 6.34. The van der Waals surface area contributed by atoms with Gasteiger partial charge in [-0.3, -0.25) is 5.43 Å². The minimum absolute atomic E-state index is 0.212. The molecule has 0 aliphatic carbocycles. The van der Waals surface area contributed by atoms with Crippen LogP contribution in [0.5, 0.6) is 5.75 Å². The summed E-state index contributed by atoms with van der Waals surface area (Å²) in [7, 11) is 0.